The summed E-state index contributed by atoms with van der Waals surface area (Å²) < 4.78 is 8.81. The number of hydrogen-bond donors (Lipinski definition) is 1. The highest BCUT2D eigenvalue weighted by Crippen LogP contribution is 2.42. The van der Waals surface area contributed by atoms with E-state index >= 15 is 0 Å². The van der Waals surface area contributed by atoms with Gasteiger partial charge in [-0.25, -0.2) is 4.79 Å². The minimum atomic E-state index is -0.444. The Labute approximate surface area is 218 Å². The van der Waals surface area contributed by atoms with Crippen LogP contribution in [0.1, 0.15) is 37.3 Å². The third-order valence-electron chi connectivity index (χ3n) is 6.29. The summed E-state index contributed by atoms with van der Waals surface area (Å²) in [4.78, 5) is 30.6. The molecule has 4 aromatic rings. The van der Waals surface area contributed by atoms with Gasteiger partial charge in [-0.05, 0) is 67.1 Å². The van der Waals surface area contributed by atoms with Gasteiger partial charge >= 0.3 is 6.03 Å². The van der Waals surface area contributed by atoms with Crippen LogP contribution in [0.4, 0.5) is 16.2 Å². The number of benzene rings is 2. The number of para-hydroxylation sites is 2. The van der Waals surface area contributed by atoms with Gasteiger partial charge in [-0.15, -0.1) is 0 Å². The van der Waals surface area contributed by atoms with Crippen LogP contribution in [0.5, 0.6) is 0 Å². The number of amides is 3. The largest absolute Gasteiger partial charge is 0.467 e. The number of urea groups is 1. The standard InChI is InChI=1S/C28H27BrN4O3/c1-2-3-16-31(28(35)30-21-14-12-20(29)13-15-21)19-26(34)33-23-9-5-4-8-22(23)32-17-6-10-24(32)27(33)25-11-7-18-36-25/h4-15,17-18,27H,2-3,16,19H2,1H3,(H,30,35). The topological polar surface area (TPSA) is 70.7 Å². The summed E-state index contributed by atoms with van der Waals surface area (Å²) in [5.74, 6) is 0.482. The highest BCUT2D eigenvalue weighted by atomic mass is 79.9. The Balaban J connectivity index is 1.47. The minimum absolute atomic E-state index is 0.0609. The molecule has 2 aromatic heterocycles. The van der Waals surface area contributed by atoms with Gasteiger partial charge in [0, 0.05) is 22.9 Å². The molecule has 8 heteroatoms. The van der Waals surface area contributed by atoms with Crippen LogP contribution in [0, 0.1) is 0 Å². The molecular weight excluding hydrogens is 520 g/mol. The average molecular weight is 547 g/mol. The van der Waals surface area contributed by atoms with Crippen LogP contribution < -0.4 is 10.2 Å². The number of halogens is 1. The van der Waals surface area contributed by atoms with E-state index in [4.69, 9.17) is 4.42 Å². The molecule has 2 aromatic carbocycles. The summed E-state index contributed by atoms with van der Waals surface area (Å²) >= 11 is 3.41. The second-order valence-electron chi connectivity index (χ2n) is 8.69. The lowest BCUT2D eigenvalue weighted by molar-refractivity contribution is -0.119. The highest BCUT2D eigenvalue weighted by Gasteiger charge is 2.38. The van der Waals surface area contributed by atoms with E-state index in [1.165, 1.54) is 0 Å². The van der Waals surface area contributed by atoms with Crippen molar-refractivity contribution in [2.24, 2.45) is 0 Å². The van der Waals surface area contributed by atoms with Crippen LogP contribution in [0.25, 0.3) is 5.69 Å². The van der Waals surface area contributed by atoms with Crippen molar-refractivity contribution in [3.05, 3.63) is 101 Å². The zero-order valence-corrected chi connectivity index (χ0v) is 21.5. The molecule has 1 atom stereocenters. The fraction of sp³-hybridized carbons (Fsp3) is 0.214. The molecule has 1 aliphatic heterocycles. The molecule has 0 saturated carbocycles. The molecule has 5 rings (SSSR count). The molecule has 1 N–H and O–H groups in total. The highest BCUT2D eigenvalue weighted by molar-refractivity contribution is 9.10. The molecule has 0 saturated heterocycles. The maximum atomic E-state index is 14.0. The zero-order valence-electron chi connectivity index (χ0n) is 19.9. The van der Waals surface area contributed by atoms with Crippen LogP contribution >= 0.6 is 15.9 Å². The predicted molar refractivity (Wildman–Crippen MR) is 143 cm³/mol. The van der Waals surface area contributed by atoms with Crippen molar-refractivity contribution in [1.29, 1.82) is 0 Å². The number of unbranched alkanes of at least 4 members (excludes halogenated alkanes) is 1. The van der Waals surface area contributed by atoms with Gasteiger partial charge in [-0.1, -0.05) is 41.4 Å². The Hall–Kier alpha value is -3.78. The number of carbonyl (C=O) groups is 2. The molecule has 3 amide bonds. The number of nitrogens with one attached hydrogen (secondary N) is 1. The van der Waals surface area contributed by atoms with Gasteiger partial charge in [0.1, 0.15) is 18.3 Å². The quantitative estimate of drug-likeness (QED) is 0.283. The summed E-state index contributed by atoms with van der Waals surface area (Å²) in [7, 11) is 0. The Morgan fingerprint density at radius 1 is 1.00 bits per heavy atom. The van der Waals surface area contributed by atoms with Crippen molar-refractivity contribution in [3.63, 3.8) is 0 Å². The predicted octanol–water partition coefficient (Wildman–Crippen LogP) is 6.60. The van der Waals surface area contributed by atoms with Crippen LogP contribution in [0.15, 0.2) is 94.1 Å². The first-order chi connectivity index (χ1) is 17.6. The third kappa shape index (κ3) is 4.68. The van der Waals surface area contributed by atoms with E-state index in [0.29, 0.717) is 18.0 Å². The smallest absolute Gasteiger partial charge is 0.322 e. The molecule has 0 spiro atoms. The molecule has 7 nitrogen and oxygen atoms in total. The second kappa shape index (κ2) is 10.5. The number of anilines is 2. The number of aromatic nitrogens is 1. The Bertz CT molecular complexity index is 1350. The number of carbonyl (C=O) groups excluding carboxylic acids is 2. The Morgan fingerprint density at radius 2 is 1.78 bits per heavy atom. The molecule has 0 radical (unpaired) electrons. The zero-order chi connectivity index (χ0) is 25.1. The van der Waals surface area contributed by atoms with Gasteiger partial charge in [0.25, 0.3) is 0 Å². The molecule has 3 heterocycles. The molecule has 184 valence electrons. The van der Waals surface area contributed by atoms with Crippen LogP contribution in [-0.4, -0.2) is 34.5 Å². The molecule has 36 heavy (non-hydrogen) atoms. The molecule has 1 unspecified atom stereocenters. The Morgan fingerprint density at radius 3 is 2.50 bits per heavy atom. The lowest BCUT2D eigenvalue weighted by Gasteiger charge is -2.38. The monoisotopic (exact) mass is 546 g/mol. The third-order valence-corrected chi connectivity index (χ3v) is 6.82. The van der Waals surface area contributed by atoms with E-state index in [2.05, 4.69) is 32.7 Å². The van der Waals surface area contributed by atoms with Crippen molar-refractivity contribution in [2.75, 3.05) is 23.3 Å². The average Bonchev–Trinajstić information content (AvgIpc) is 3.59. The molecule has 1 aliphatic rings. The minimum Gasteiger partial charge on any atom is -0.467 e. The SMILES string of the molecule is CCCCN(CC(=O)N1c2ccccc2-n2cccc2C1c1ccco1)C(=O)Nc1ccc(Br)cc1. The van der Waals surface area contributed by atoms with E-state index in [0.717, 1.165) is 34.4 Å². The van der Waals surface area contributed by atoms with Gasteiger partial charge in [0.15, 0.2) is 0 Å². The van der Waals surface area contributed by atoms with Gasteiger partial charge in [0.2, 0.25) is 5.91 Å². The number of hydrogen-bond acceptors (Lipinski definition) is 3. The summed E-state index contributed by atoms with van der Waals surface area (Å²) in [5.41, 5.74) is 3.28. The van der Waals surface area contributed by atoms with Gasteiger partial charge in [-0.2, -0.15) is 0 Å². The first-order valence-corrected chi connectivity index (χ1v) is 12.8. The number of rotatable bonds is 7. The van der Waals surface area contributed by atoms with Gasteiger partial charge in [-0.3, -0.25) is 9.69 Å². The molecule has 0 fully saturated rings. The lowest BCUT2D eigenvalue weighted by Crippen LogP contribution is -2.47. The molecular formula is C28H27BrN4O3. The van der Waals surface area contributed by atoms with Crippen LogP contribution in [-0.2, 0) is 4.79 Å². The van der Waals surface area contributed by atoms with E-state index < -0.39 is 6.04 Å². The van der Waals surface area contributed by atoms with Crippen molar-refractivity contribution >= 4 is 39.2 Å². The van der Waals surface area contributed by atoms with Crippen LogP contribution in [0.2, 0.25) is 0 Å². The first-order valence-electron chi connectivity index (χ1n) is 12.0. The fourth-order valence-corrected chi connectivity index (χ4v) is 4.82. The van der Waals surface area contributed by atoms with Crippen molar-refractivity contribution in [2.45, 2.75) is 25.8 Å². The van der Waals surface area contributed by atoms with Crippen LogP contribution in [0.3, 0.4) is 0 Å². The van der Waals surface area contributed by atoms with Gasteiger partial charge < -0.3 is 19.2 Å². The number of nitrogens with zero attached hydrogens (tertiary/aromatic N) is 3. The van der Waals surface area contributed by atoms with E-state index in [1.807, 2.05) is 79.0 Å². The van der Waals surface area contributed by atoms with Gasteiger partial charge in [0.05, 0.1) is 23.3 Å². The first kappa shape index (κ1) is 23.9. The summed E-state index contributed by atoms with van der Waals surface area (Å²) in [6.45, 7) is 2.48. The fourth-order valence-electron chi connectivity index (χ4n) is 4.55. The number of furan rings is 1. The maximum absolute atomic E-state index is 14.0. The van der Waals surface area contributed by atoms with E-state index in [-0.39, 0.29) is 18.5 Å². The van der Waals surface area contributed by atoms with Crippen molar-refractivity contribution in [1.82, 2.24) is 9.47 Å². The van der Waals surface area contributed by atoms with E-state index in [9.17, 15) is 9.59 Å². The maximum Gasteiger partial charge on any atom is 0.322 e. The normalized spacial score (nSPS) is 14.2. The lowest BCUT2D eigenvalue weighted by atomic mass is 10.0. The van der Waals surface area contributed by atoms with E-state index in [1.54, 1.807) is 16.1 Å². The summed E-state index contributed by atoms with van der Waals surface area (Å²) in [6.07, 6.45) is 5.31. The summed E-state index contributed by atoms with van der Waals surface area (Å²) in [5, 5.41) is 2.93. The number of fused-ring (bicyclic) bond motifs is 3. The Kier molecular flexibility index (Phi) is 6.95. The molecule has 0 aliphatic carbocycles. The van der Waals surface area contributed by atoms with Crippen molar-refractivity contribution < 1.29 is 14.0 Å². The summed E-state index contributed by atoms with van der Waals surface area (Å²) in [6, 6.07) is 22.1. The van der Waals surface area contributed by atoms with Crippen molar-refractivity contribution in [3.8, 4) is 5.69 Å². The molecule has 0 bridgehead atoms. The second-order valence-corrected chi connectivity index (χ2v) is 9.60.